The van der Waals surface area contributed by atoms with Crippen LogP contribution < -0.4 is 0 Å². The van der Waals surface area contributed by atoms with E-state index in [0.717, 1.165) is 10.7 Å². The van der Waals surface area contributed by atoms with E-state index in [0.29, 0.717) is 16.5 Å². The van der Waals surface area contributed by atoms with Crippen molar-refractivity contribution in [2.45, 2.75) is 10.6 Å². The fourth-order valence-electron chi connectivity index (χ4n) is 1.36. The molecule has 18 heavy (non-hydrogen) atoms. The molecule has 94 valence electrons. The number of carbonyl (C=O) groups is 1. The quantitative estimate of drug-likeness (QED) is 0.691. The van der Waals surface area contributed by atoms with Gasteiger partial charge in [-0.2, -0.15) is 0 Å². The van der Waals surface area contributed by atoms with E-state index in [4.69, 9.17) is 11.6 Å². The number of esters is 1. The van der Waals surface area contributed by atoms with Gasteiger partial charge >= 0.3 is 5.97 Å². The molecule has 0 aliphatic heterocycles. The van der Waals surface area contributed by atoms with Crippen LogP contribution in [0, 0.1) is 0 Å². The van der Waals surface area contributed by atoms with Gasteiger partial charge in [-0.05, 0) is 18.2 Å². The summed E-state index contributed by atoms with van der Waals surface area (Å²) in [7, 11) is 1.34. The van der Waals surface area contributed by atoms with Gasteiger partial charge in [-0.3, -0.25) is 0 Å². The zero-order chi connectivity index (χ0) is 13.0. The van der Waals surface area contributed by atoms with E-state index >= 15 is 0 Å². The number of hydrogen-bond donors (Lipinski definition) is 1. The van der Waals surface area contributed by atoms with Crippen molar-refractivity contribution in [2.75, 3.05) is 7.11 Å². The number of halogens is 1. The first kappa shape index (κ1) is 13.0. The molecule has 4 nitrogen and oxygen atoms in total. The molecule has 0 aliphatic rings. The fraction of sp³-hybridized carbons (Fsp3) is 0.167. The van der Waals surface area contributed by atoms with Crippen LogP contribution in [0.2, 0.25) is 5.02 Å². The molecule has 0 aliphatic carbocycles. The molecule has 6 heteroatoms. The van der Waals surface area contributed by atoms with Gasteiger partial charge in [-0.25, -0.2) is 9.78 Å². The van der Waals surface area contributed by atoms with Gasteiger partial charge in [0.1, 0.15) is 11.5 Å². The smallest absolute Gasteiger partial charge is 0.356 e. The highest BCUT2D eigenvalue weighted by Crippen LogP contribution is 2.24. The zero-order valence-corrected chi connectivity index (χ0v) is 11.2. The third-order valence-corrected chi connectivity index (χ3v) is 3.45. The van der Waals surface area contributed by atoms with E-state index < -0.39 is 5.97 Å². The van der Waals surface area contributed by atoms with Crippen molar-refractivity contribution in [3.05, 3.63) is 47.0 Å². The third-order valence-electron chi connectivity index (χ3n) is 2.21. The predicted molar refractivity (Wildman–Crippen MR) is 70.9 cm³/mol. The van der Waals surface area contributed by atoms with Crippen LogP contribution >= 0.6 is 23.4 Å². The molecule has 2 aromatic rings. The molecule has 0 fully saturated rings. The first-order chi connectivity index (χ1) is 8.69. The Labute approximate surface area is 114 Å². The van der Waals surface area contributed by atoms with Crippen LogP contribution in [-0.2, 0) is 10.5 Å². The number of hydrogen-bond acceptors (Lipinski definition) is 4. The minimum atomic E-state index is -0.415. The molecular formula is C12H11ClN2O2S. The minimum Gasteiger partial charge on any atom is -0.464 e. The lowest BCUT2D eigenvalue weighted by Gasteiger charge is -1.99. The van der Waals surface area contributed by atoms with E-state index in [1.807, 2.05) is 24.3 Å². The topological polar surface area (TPSA) is 55.0 Å². The number of H-pyrrole nitrogens is 1. The lowest BCUT2D eigenvalue weighted by molar-refractivity contribution is 0.0594. The summed E-state index contributed by atoms with van der Waals surface area (Å²) < 4.78 is 4.59. The summed E-state index contributed by atoms with van der Waals surface area (Å²) in [6.45, 7) is 0. The summed E-state index contributed by atoms with van der Waals surface area (Å²) in [4.78, 5) is 19.3. The molecule has 1 N–H and O–H groups in total. The second-order valence-electron chi connectivity index (χ2n) is 3.48. The van der Waals surface area contributed by atoms with Gasteiger partial charge in [-0.15, -0.1) is 11.8 Å². The van der Waals surface area contributed by atoms with Crippen LogP contribution in [-0.4, -0.2) is 23.0 Å². The van der Waals surface area contributed by atoms with Gasteiger partial charge in [0, 0.05) is 9.92 Å². The molecule has 0 saturated heterocycles. The molecule has 0 saturated carbocycles. The van der Waals surface area contributed by atoms with Crippen LogP contribution in [0.5, 0.6) is 0 Å². The fourth-order valence-corrected chi connectivity index (χ4v) is 2.45. The second kappa shape index (κ2) is 5.93. The van der Waals surface area contributed by atoms with Crippen LogP contribution in [0.4, 0.5) is 0 Å². The van der Waals surface area contributed by atoms with Gasteiger partial charge in [0.05, 0.1) is 19.1 Å². The standard InChI is InChI=1S/C12H11ClN2O2S/c1-17-12(16)10-6-14-11(15-10)7-18-9-4-2-3-8(13)5-9/h2-6H,7H2,1H3,(H,14,15). The number of imidazole rings is 1. The molecule has 0 atom stereocenters. The predicted octanol–water partition coefficient (Wildman–Crippen LogP) is 3.14. The highest BCUT2D eigenvalue weighted by Gasteiger charge is 2.09. The Morgan fingerprint density at radius 2 is 2.39 bits per heavy atom. The van der Waals surface area contributed by atoms with Crippen molar-refractivity contribution in [2.24, 2.45) is 0 Å². The Hall–Kier alpha value is -1.46. The van der Waals surface area contributed by atoms with E-state index in [9.17, 15) is 4.79 Å². The summed E-state index contributed by atoms with van der Waals surface area (Å²) in [6, 6.07) is 7.58. The first-order valence-electron chi connectivity index (χ1n) is 5.19. The van der Waals surface area contributed by atoms with E-state index in [-0.39, 0.29) is 0 Å². The number of nitrogens with zero attached hydrogens (tertiary/aromatic N) is 1. The van der Waals surface area contributed by atoms with E-state index in [1.54, 1.807) is 11.8 Å². The summed E-state index contributed by atoms with van der Waals surface area (Å²) in [5.41, 5.74) is 0.360. The van der Waals surface area contributed by atoms with Gasteiger partial charge in [0.15, 0.2) is 0 Å². The number of aromatic nitrogens is 2. The van der Waals surface area contributed by atoms with Gasteiger partial charge in [0.25, 0.3) is 0 Å². The number of rotatable bonds is 4. The molecule has 0 amide bonds. The van der Waals surface area contributed by atoms with Gasteiger partial charge < -0.3 is 9.72 Å². The molecule has 1 aromatic heterocycles. The van der Waals surface area contributed by atoms with Crippen LogP contribution in [0.3, 0.4) is 0 Å². The second-order valence-corrected chi connectivity index (χ2v) is 4.97. The third kappa shape index (κ3) is 3.27. The lowest BCUT2D eigenvalue weighted by atomic mass is 10.4. The molecule has 1 heterocycles. The van der Waals surface area contributed by atoms with Crippen molar-refractivity contribution in [3.8, 4) is 0 Å². The molecule has 1 aromatic carbocycles. The highest BCUT2D eigenvalue weighted by molar-refractivity contribution is 7.98. The molecule has 0 unspecified atom stereocenters. The maximum atomic E-state index is 11.2. The SMILES string of the molecule is COC(=O)c1cnc(CSc2cccc(Cl)c2)[nH]1. The molecule has 0 spiro atoms. The maximum absolute atomic E-state index is 11.2. The lowest BCUT2D eigenvalue weighted by Crippen LogP contribution is -2.01. The van der Waals surface area contributed by atoms with Crippen LogP contribution in [0.15, 0.2) is 35.4 Å². The Morgan fingerprint density at radius 1 is 1.56 bits per heavy atom. The summed E-state index contributed by atoms with van der Waals surface area (Å²) in [5, 5.41) is 0.703. The summed E-state index contributed by atoms with van der Waals surface area (Å²) in [6.07, 6.45) is 1.47. The minimum absolute atomic E-state index is 0.360. The van der Waals surface area contributed by atoms with Crippen molar-refractivity contribution < 1.29 is 9.53 Å². The number of methoxy groups -OCH3 is 1. The van der Waals surface area contributed by atoms with E-state index in [1.165, 1.54) is 13.3 Å². The first-order valence-corrected chi connectivity index (χ1v) is 6.56. The van der Waals surface area contributed by atoms with Crippen molar-refractivity contribution in [1.29, 1.82) is 0 Å². The molecule has 0 bridgehead atoms. The number of nitrogens with one attached hydrogen (secondary N) is 1. The van der Waals surface area contributed by atoms with Crippen LogP contribution in [0.25, 0.3) is 0 Å². The number of thioether (sulfide) groups is 1. The Morgan fingerprint density at radius 3 is 3.11 bits per heavy atom. The largest absolute Gasteiger partial charge is 0.464 e. The highest BCUT2D eigenvalue weighted by atomic mass is 35.5. The summed E-state index contributed by atoms with van der Waals surface area (Å²) in [5.74, 6) is 0.944. The normalized spacial score (nSPS) is 10.3. The average molecular weight is 283 g/mol. The van der Waals surface area contributed by atoms with Gasteiger partial charge in [0.2, 0.25) is 0 Å². The molecular weight excluding hydrogens is 272 g/mol. The van der Waals surface area contributed by atoms with Crippen molar-refractivity contribution in [1.82, 2.24) is 9.97 Å². The Kier molecular flexibility index (Phi) is 4.28. The number of carbonyl (C=O) groups excluding carboxylic acids is 1. The number of ether oxygens (including phenoxy) is 1. The number of aromatic amines is 1. The summed E-state index contributed by atoms with van der Waals surface area (Å²) >= 11 is 7.48. The van der Waals surface area contributed by atoms with E-state index in [2.05, 4.69) is 14.7 Å². The maximum Gasteiger partial charge on any atom is 0.356 e. The Bertz CT molecular complexity index is 557. The average Bonchev–Trinajstić information content (AvgIpc) is 2.84. The zero-order valence-electron chi connectivity index (χ0n) is 9.64. The number of benzene rings is 1. The van der Waals surface area contributed by atoms with Crippen molar-refractivity contribution >= 4 is 29.3 Å². The molecule has 2 rings (SSSR count). The van der Waals surface area contributed by atoms with Crippen molar-refractivity contribution in [3.63, 3.8) is 0 Å². The monoisotopic (exact) mass is 282 g/mol. The Balaban J connectivity index is 1.98. The molecule has 0 radical (unpaired) electrons. The van der Waals surface area contributed by atoms with Crippen LogP contribution in [0.1, 0.15) is 16.3 Å². The van der Waals surface area contributed by atoms with Gasteiger partial charge in [-0.1, -0.05) is 17.7 Å².